The van der Waals surface area contributed by atoms with Crippen LogP contribution in [-0.2, 0) is 13.0 Å². The Kier molecular flexibility index (Phi) is 5.76. The molecule has 21 heavy (non-hydrogen) atoms. The van der Waals surface area contributed by atoms with E-state index in [9.17, 15) is 0 Å². The summed E-state index contributed by atoms with van der Waals surface area (Å²) in [5.41, 5.74) is 2.41. The molecule has 0 aliphatic heterocycles. The van der Waals surface area contributed by atoms with E-state index in [2.05, 4.69) is 56.2 Å². The summed E-state index contributed by atoms with van der Waals surface area (Å²) in [5, 5.41) is 4.55. The minimum absolute atomic E-state index is 0.503. The topological polar surface area (TPSA) is 34.1 Å². The minimum atomic E-state index is 0.503. The second-order valence-electron chi connectivity index (χ2n) is 5.62. The van der Waals surface area contributed by atoms with Crippen molar-refractivity contribution < 1.29 is 4.74 Å². The van der Waals surface area contributed by atoms with Gasteiger partial charge < -0.3 is 10.1 Å². The molecule has 1 N–H and O–H groups in total. The highest BCUT2D eigenvalue weighted by Gasteiger charge is 2.04. The Bertz CT molecular complexity index is 578. The maximum Gasteiger partial charge on any atom is 0.122 e. The van der Waals surface area contributed by atoms with E-state index in [0.29, 0.717) is 12.6 Å². The number of nitrogens with zero attached hydrogens (tertiary/aromatic N) is 1. The van der Waals surface area contributed by atoms with Crippen molar-refractivity contribution in [3.63, 3.8) is 0 Å². The van der Waals surface area contributed by atoms with Gasteiger partial charge >= 0.3 is 0 Å². The van der Waals surface area contributed by atoms with Crippen molar-refractivity contribution in [1.82, 2.24) is 10.3 Å². The highest BCUT2D eigenvalue weighted by molar-refractivity contribution is 7.11. The fourth-order valence-electron chi connectivity index (χ4n) is 1.96. The second kappa shape index (κ2) is 7.57. The Balaban J connectivity index is 1.82. The molecule has 0 spiro atoms. The van der Waals surface area contributed by atoms with Crippen LogP contribution in [0.5, 0.6) is 5.75 Å². The van der Waals surface area contributed by atoms with Crippen LogP contribution in [0.3, 0.4) is 0 Å². The van der Waals surface area contributed by atoms with Crippen LogP contribution in [0.1, 0.15) is 34.9 Å². The molecule has 0 amide bonds. The lowest BCUT2D eigenvalue weighted by Gasteiger charge is -2.09. The van der Waals surface area contributed by atoms with E-state index in [0.717, 1.165) is 23.7 Å². The number of benzene rings is 1. The lowest BCUT2D eigenvalue weighted by molar-refractivity contribution is 0.319. The molecule has 2 aromatic rings. The first kappa shape index (κ1) is 16.0. The lowest BCUT2D eigenvalue weighted by Crippen LogP contribution is -2.21. The van der Waals surface area contributed by atoms with E-state index in [1.807, 2.05) is 6.20 Å². The van der Waals surface area contributed by atoms with Crippen LogP contribution in [0.15, 0.2) is 24.4 Å². The summed E-state index contributed by atoms with van der Waals surface area (Å²) in [7, 11) is 0. The normalized spacial score (nSPS) is 11.1. The Morgan fingerprint density at radius 1 is 1.29 bits per heavy atom. The smallest absolute Gasteiger partial charge is 0.122 e. The Labute approximate surface area is 131 Å². The van der Waals surface area contributed by atoms with E-state index < -0.39 is 0 Å². The third-order valence-electron chi connectivity index (χ3n) is 3.20. The zero-order chi connectivity index (χ0) is 15.2. The van der Waals surface area contributed by atoms with Crippen LogP contribution in [0, 0.1) is 13.8 Å². The average Bonchev–Trinajstić information content (AvgIpc) is 2.88. The number of hydrogen-bond donors (Lipinski definition) is 1. The van der Waals surface area contributed by atoms with Crippen LogP contribution in [0.4, 0.5) is 0 Å². The molecule has 4 heteroatoms. The first-order chi connectivity index (χ1) is 10.0. The molecule has 0 atom stereocenters. The molecule has 0 fully saturated rings. The Hall–Kier alpha value is -1.39. The van der Waals surface area contributed by atoms with Crippen molar-refractivity contribution in [1.29, 1.82) is 0 Å². The van der Waals surface area contributed by atoms with Crippen molar-refractivity contribution in [2.45, 2.75) is 46.7 Å². The molecule has 0 saturated carbocycles. The van der Waals surface area contributed by atoms with Crippen molar-refractivity contribution in [3.8, 4) is 5.75 Å². The molecule has 0 saturated heterocycles. The number of nitrogens with one attached hydrogen (secondary N) is 1. The van der Waals surface area contributed by atoms with Gasteiger partial charge in [-0.3, -0.25) is 0 Å². The molecular weight excluding hydrogens is 280 g/mol. The van der Waals surface area contributed by atoms with Gasteiger partial charge in [-0.05, 0) is 31.0 Å². The van der Waals surface area contributed by atoms with Gasteiger partial charge in [0.15, 0.2) is 0 Å². The van der Waals surface area contributed by atoms with Gasteiger partial charge in [0.25, 0.3) is 0 Å². The molecule has 1 heterocycles. The van der Waals surface area contributed by atoms with Crippen LogP contribution in [0.2, 0.25) is 0 Å². The van der Waals surface area contributed by atoms with Crippen molar-refractivity contribution in [2.24, 2.45) is 0 Å². The van der Waals surface area contributed by atoms with E-state index in [-0.39, 0.29) is 0 Å². The summed E-state index contributed by atoms with van der Waals surface area (Å²) >= 11 is 1.76. The third kappa shape index (κ3) is 5.14. The lowest BCUT2D eigenvalue weighted by atomic mass is 10.1. The van der Waals surface area contributed by atoms with Crippen LogP contribution in [-0.4, -0.2) is 17.6 Å². The van der Waals surface area contributed by atoms with Crippen molar-refractivity contribution in [2.75, 3.05) is 6.61 Å². The van der Waals surface area contributed by atoms with Gasteiger partial charge in [0.2, 0.25) is 0 Å². The molecule has 2 rings (SSSR count). The largest absolute Gasteiger partial charge is 0.493 e. The Morgan fingerprint density at radius 2 is 2.10 bits per heavy atom. The molecule has 0 radical (unpaired) electrons. The number of aryl methyl sites for hydroxylation is 2. The monoisotopic (exact) mass is 304 g/mol. The summed E-state index contributed by atoms with van der Waals surface area (Å²) in [4.78, 5) is 5.75. The quantitative estimate of drug-likeness (QED) is 0.843. The molecule has 3 nitrogen and oxygen atoms in total. The number of aromatic nitrogens is 1. The maximum atomic E-state index is 5.88. The summed E-state index contributed by atoms with van der Waals surface area (Å²) < 4.78 is 5.88. The van der Waals surface area contributed by atoms with Gasteiger partial charge in [0.05, 0.1) is 11.6 Å². The molecule has 0 aliphatic carbocycles. The van der Waals surface area contributed by atoms with Gasteiger partial charge in [0, 0.05) is 30.1 Å². The Morgan fingerprint density at radius 3 is 2.86 bits per heavy atom. The molecule has 1 aromatic carbocycles. The first-order valence-corrected chi connectivity index (χ1v) is 8.23. The van der Waals surface area contributed by atoms with Gasteiger partial charge in [-0.25, -0.2) is 4.98 Å². The molecule has 114 valence electrons. The summed E-state index contributed by atoms with van der Waals surface area (Å²) in [6, 6.07) is 6.80. The SMILES string of the molecule is Cc1ccc(C)c(OCCc2ncc(CNC(C)C)s2)c1. The molecule has 0 aliphatic rings. The van der Waals surface area contributed by atoms with Gasteiger partial charge in [-0.15, -0.1) is 11.3 Å². The molecule has 0 unspecified atom stereocenters. The third-order valence-corrected chi connectivity index (χ3v) is 4.26. The molecule has 0 bridgehead atoms. The van der Waals surface area contributed by atoms with Gasteiger partial charge in [0.1, 0.15) is 5.75 Å². The number of rotatable bonds is 7. The fourth-order valence-corrected chi connectivity index (χ4v) is 2.82. The van der Waals surface area contributed by atoms with Gasteiger partial charge in [-0.2, -0.15) is 0 Å². The fraction of sp³-hybridized carbons (Fsp3) is 0.471. The summed E-state index contributed by atoms with van der Waals surface area (Å²) in [6.07, 6.45) is 2.83. The van der Waals surface area contributed by atoms with Crippen molar-refractivity contribution in [3.05, 3.63) is 45.4 Å². The van der Waals surface area contributed by atoms with Crippen LogP contribution < -0.4 is 10.1 Å². The standard InChI is InChI=1S/C17H24N2OS/c1-12(2)18-10-15-11-19-17(21-15)7-8-20-16-9-13(3)5-6-14(16)4/h5-6,9,11-12,18H,7-8,10H2,1-4H3. The average molecular weight is 304 g/mol. The second-order valence-corrected chi connectivity index (χ2v) is 6.82. The number of hydrogen-bond acceptors (Lipinski definition) is 4. The van der Waals surface area contributed by atoms with E-state index in [1.165, 1.54) is 16.0 Å². The van der Waals surface area contributed by atoms with Crippen LogP contribution in [0.25, 0.3) is 0 Å². The van der Waals surface area contributed by atoms with E-state index in [1.54, 1.807) is 11.3 Å². The predicted octanol–water partition coefficient (Wildman–Crippen LogP) is 3.88. The van der Waals surface area contributed by atoms with Crippen LogP contribution >= 0.6 is 11.3 Å². The predicted molar refractivity (Wildman–Crippen MR) is 89.2 cm³/mol. The van der Waals surface area contributed by atoms with E-state index in [4.69, 9.17) is 4.74 Å². The zero-order valence-electron chi connectivity index (χ0n) is 13.3. The van der Waals surface area contributed by atoms with Gasteiger partial charge in [-0.1, -0.05) is 26.0 Å². The highest BCUT2D eigenvalue weighted by atomic mass is 32.1. The number of ether oxygens (including phenoxy) is 1. The first-order valence-electron chi connectivity index (χ1n) is 7.41. The highest BCUT2D eigenvalue weighted by Crippen LogP contribution is 2.20. The maximum absolute atomic E-state index is 5.88. The minimum Gasteiger partial charge on any atom is -0.493 e. The van der Waals surface area contributed by atoms with E-state index >= 15 is 0 Å². The molecule has 1 aromatic heterocycles. The summed E-state index contributed by atoms with van der Waals surface area (Å²) in [5.74, 6) is 0.980. The molecular formula is C17H24N2OS. The summed E-state index contributed by atoms with van der Waals surface area (Å²) in [6.45, 7) is 10.0. The zero-order valence-corrected chi connectivity index (χ0v) is 14.1. The number of thiazole rings is 1. The van der Waals surface area contributed by atoms with Crippen molar-refractivity contribution >= 4 is 11.3 Å².